The van der Waals surface area contributed by atoms with Crippen molar-refractivity contribution in [3.63, 3.8) is 0 Å². The normalized spacial score (nSPS) is 21.9. The molecule has 2 heterocycles. The second-order valence-corrected chi connectivity index (χ2v) is 9.49. The summed E-state index contributed by atoms with van der Waals surface area (Å²) in [7, 11) is -1.35. The highest BCUT2D eigenvalue weighted by Crippen LogP contribution is 2.22. The first-order valence-electron chi connectivity index (χ1n) is 9.25. The van der Waals surface area contributed by atoms with Crippen LogP contribution in [0.2, 0.25) is 0 Å². The lowest BCUT2D eigenvalue weighted by Gasteiger charge is -2.35. The monoisotopic (exact) mass is 394 g/mol. The maximum absolute atomic E-state index is 12.5. The number of hydrogen-bond donors (Lipinski definition) is 0. The van der Waals surface area contributed by atoms with E-state index in [2.05, 4.69) is 0 Å². The van der Waals surface area contributed by atoms with Gasteiger partial charge in [0.15, 0.2) is 9.84 Å². The molecule has 0 spiro atoms. The van der Waals surface area contributed by atoms with E-state index < -0.39 is 9.84 Å². The molecule has 2 aliphatic heterocycles. The Morgan fingerprint density at radius 1 is 1.04 bits per heavy atom. The molecule has 0 radical (unpaired) electrons. The number of piperazine rings is 1. The highest BCUT2D eigenvalue weighted by Gasteiger charge is 2.32. The molecule has 3 rings (SSSR count). The zero-order valence-electron chi connectivity index (χ0n) is 15.6. The minimum Gasteiger partial charge on any atom is -0.497 e. The zero-order valence-corrected chi connectivity index (χ0v) is 16.4. The first kappa shape index (κ1) is 19.7. The van der Waals surface area contributed by atoms with Gasteiger partial charge in [-0.1, -0.05) is 12.1 Å². The predicted molar refractivity (Wildman–Crippen MR) is 101 cm³/mol. The van der Waals surface area contributed by atoms with Crippen LogP contribution in [0.5, 0.6) is 5.75 Å². The van der Waals surface area contributed by atoms with Crippen molar-refractivity contribution in [1.82, 2.24) is 9.80 Å². The van der Waals surface area contributed by atoms with E-state index in [0.29, 0.717) is 45.4 Å². The highest BCUT2D eigenvalue weighted by molar-refractivity contribution is 7.91. The number of benzene rings is 1. The van der Waals surface area contributed by atoms with Crippen molar-refractivity contribution in [3.8, 4) is 5.75 Å². The van der Waals surface area contributed by atoms with E-state index in [1.807, 2.05) is 24.3 Å². The number of amides is 2. The summed E-state index contributed by atoms with van der Waals surface area (Å²) >= 11 is 0. The number of nitrogens with zero attached hydrogens (tertiary/aromatic N) is 2. The molecule has 8 heteroatoms. The molecule has 1 atom stereocenters. The molecule has 148 valence electrons. The summed E-state index contributed by atoms with van der Waals surface area (Å²) in [6.07, 6.45) is 1.20. The fraction of sp³-hybridized carbons (Fsp3) is 0.579. The van der Waals surface area contributed by atoms with Crippen LogP contribution in [0.4, 0.5) is 0 Å². The Morgan fingerprint density at radius 2 is 1.63 bits per heavy atom. The fourth-order valence-electron chi connectivity index (χ4n) is 3.64. The van der Waals surface area contributed by atoms with Gasteiger partial charge in [-0.2, -0.15) is 0 Å². The molecule has 2 fully saturated rings. The summed E-state index contributed by atoms with van der Waals surface area (Å²) in [5.74, 6) is 1.07. The van der Waals surface area contributed by atoms with Crippen LogP contribution in [0.3, 0.4) is 0 Å². The molecule has 1 unspecified atom stereocenters. The molecule has 2 aliphatic rings. The lowest BCUT2D eigenvalue weighted by molar-refractivity contribution is -0.139. The molecule has 2 saturated heterocycles. The number of carbonyl (C=O) groups is 2. The van der Waals surface area contributed by atoms with Crippen molar-refractivity contribution in [3.05, 3.63) is 29.8 Å². The van der Waals surface area contributed by atoms with E-state index in [4.69, 9.17) is 4.74 Å². The molecule has 0 bridgehead atoms. The molecule has 1 aromatic rings. The fourth-order valence-corrected chi connectivity index (χ4v) is 5.51. The van der Waals surface area contributed by atoms with Crippen molar-refractivity contribution in [1.29, 1.82) is 0 Å². The SMILES string of the molecule is COc1ccc(CC(=O)N2CCN(C(=O)CC3CCS(=O)(=O)C3)CC2)cc1. The Kier molecular flexibility index (Phi) is 6.04. The van der Waals surface area contributed by atoms with E-state index in [1.54, 1.807) is 16.9 Å². The molecule has 0 N–H and O–H groups in total. The van der Waals surface area contributed by atoms with Gasteiger partial charge in [0.05, 0.1) is 25.0 Å². The van der Waals surface area contributed by atoms with E-state index in [9.17, 15) is 18.0 Å². The summed E-state index contributed by atoms with van der Waals surface area (Å²) in [4.78, 5) is 28.4. The van der Waals surface area contributed by atoms with Crippen LogP contribution < -0.4 is 4.74 Å². The summed E-state index contributed by atoms with van der Waals surface area (Å²) in [6.45, 7) is 2.05. The van der Waals surface area contributed by atoms with Gasteiger partial charge in [0.2, 0.25) is 11.8 Å². The van der Waals surface area contributed by atoms with Gasteiger partial charge < -0.3 is 14.5 Å². The number of carbonyl (C=O) groups excluding carboxylic acids is 2. The van der Waals surface area contributed by atoms with Crippen molar-refractivity contribution < 1.29 is 22.7 Å². The average molecular weight is 394 g/mol. The summed E-state index contributed by atoms with van der Waals surface area (Å²) in [6, 6.07) is 7.43. The van der Waals surface area contributed by atoms with Gasteiger partial charge in [0, 0.05) is 32.6 Å². The first-order chi connectivity index (χ1) is 12.9. The van der Waals surface area contributed by atoms with Crippen LogP contribution in [-0.4, -0.2) is 74.8 Å². The second-order valence-electron chi connectivity index (χ2n) is 7.26. The predicted octanol–water partition coefficient (Wildman–Crippen LogP) is 0.733. The molecule has 27 heavy (non-hydrogen) atoms. The number of sulfone groups is 1. The number of rotatable bonds is 5. The molecule has 2 amide bonds. The largest absolute Gasteiger partial charge is 0.497 e. The summed E-state index contributed by atoms with van der Waals surface area (Å²) < 4.78 is 28.2. The van der Waals surface area contributed by atoms with Crippen LogP contribution in [0.1, 0.15) is 18.4 Å². The third-order valence-electron chi connectivity index (χ3n) is 5.29. The Bertz CT molecular complexity index is 783. The van der Waals surface area contributed by atoms with Crippen molar-refractivity contribution in [2.24, 2.45) is 5.92 Å². The molecular formula is C19H26N2O5S. The lowest BCUT2D eigenvalue weighted by atomic mass is 10.0. The van der Waals surface area contributed by atoms with Gasteiger partial charge in [0.1, 0.15) is 5.75 Å². The number of methoxy groups -OCH3 is 1. The molecule has 0 aliphatic carbocycles. The Hall–Kier alpha value is -2.09. The molecular weight excluding hydrogens is 368 g/mol. The maximum Gasteiger partial charge on any atom is 0.227 e. The summed E-state index contributed by atoms with van der Waals surface area (Å²) in [5, 5.41) is 0. The topological polar surface area (TPSA) is 84.0 Å². The van der Waals surface area contributed by atoms with Crippen molar-refractivity contribution in [2.75, 3.05) is 44.8 Å². The zero-order chi connectivity index (χ0) is 19.4. The third-order valence-corrected chi connectivity index (χ3v) is 7.13. The first-order valence-corrected chi connectivity index (χ1v) is 11.1. The van der Waals surface area contributed by atoms with Crippen molar-refractivity contribution in [2.45, 2.75) is 19.3 Å². The van der Waals surface area contributed by atoms with E-state index in [1.165, 1.54) is 0 Å². The van der Waals surface area contributed by atoms with E-state index in [-0.39, 0.29) is 29.2 Å². The van der Waals surface area contributed by atoms with Crippen LogP contribution in [0.25, 0.3) is 0 Å². The third kappa shape index (κ3) is 5.22. The average Bonchev–Trinajstić information content (AvgIpc) is 3.00. The quantitative estimate of drug-likeness (QED) is 0.735. The second kappa shape index (κ2) is 8.29. The number of ether oxygens (including phenoxy) is 1. The van der Waals surface area contributed by atoms with Crippen LogP contribution >= 0.6 is 0 Å². The van der Waals surface area contributed by atoms with Crippen LogP contribution in [0, 0.1) is 5.92 Å². The Morgan fingerprint density at radius 3 is 2.15 bits per heavy atom. The minimum absolute atomic E-state index is 0.000599. The van der Waals surface area contributed by atoms with Crippen LogP contribution in [0.15, 0.2) is 24.3 Å². The Labute approximate surface area is 160 Å². The molecule has 7 nitrogen and oxygen atoms in total. The smallest absolute Gasteiger partial charge is 0.227 e. The van der Waals surface area contributed by atoms with E-state index >= 15 is 0 Å². The van der Waals surface area contributed by atoms with Gasteiger partial charge >= 0.3 is 0 Å². The maximum atomic E-state index is 12.5. The standard InChI is InChI=1S/C19H26N2O5S/c1-26-17-4-2-15(3-5-17)12-18(22)20-7-9-21(10-8-20)19(23)13-16-6-11-27(24,25)14-16/h2-5,16H,6-14H2,1H3. The van der Waals surface area contributed by atoms with E-state index in [0.717, 1.165) is 11.3 Å². The van der Waals surface area contributed by atoms with Gasteiger partial charge in [-0.05, 0) is 30.0 Å². The molecule has 1 aromatic carbocycles. The van der Waals surface area contributed by atoms with Gasteiger partial charge in [0.25, 0.3) is 0 Å². The lowest BCUT2D eigenvalue weighted by Crippen LogP contribution is -2.51. The molecule has 0 aromatic heterocycles. The molecule has 0 saturated carbocycles. The van der Waals surface area contributed by atoms with Gasteiger partial charge in [-0.15, -0.1) is 0 Å². The Balaban J connectivity index is 1.45. The highest BCUT2D eigenvalue weighted by atomic mass is 32.2. The summed E-state index contributed by atoms with van der Waals surface area (Å²) in [5.41, 5.74) is 0.932. The van der Waals surface area contributed by atoms with Crippen LogP contribution in [-0.2, 0) is 25.8 Å². The van der Waals surface area contributed by atoms with Crippen molar-refractivity contribution >= 4 is 21.7 Å². The minimum atomic E-state index is -2.96. The van der Waals surface area contributed by atoms with Gasteiger partial charge in [-0.3, -0.25) is 9.59 Å². The van der Waals surface area contributed by atoms with Gasteiger partial charge in [-0.25, -0.2) is 8.42 Å². The number of hydrogen-bond acceptors (Lipinski definition) is 5.